The third kappa shape index (κ3) is 2.41. The van der Waals surface area contributed by atoms with E-state index in [1.165, 1.54) is 0 Å². The van der Waals surface area contributed by atoms with Crippen LogP contribution in [0.1, 0.15) is 35.2 Å². The Hall–Kier alpha value is -1.94. The summed E-state index contributed by atoms with van der Waals surface area (Å²) in [6.07, 6.45) is 4.90. The summed E-state index contributed by atoms with van der Waals surface area (Å²) in [5.74, 6) is 1.64. The van der Waals surface area contributed by atoms with Crippen molar-refractivity contribution in [2.75, 3.05) is 6.61 Å². The molecule has 0 saturated heterocycles. The highest BCUT2D eigenvalue weighted by Gasteiger charge is 2.47. The summed E-state index contributed by atoms with van der Waals surface area (Å²) in [6, 6.07) is 8.17. The van der Waals surface area contributed by atoms with Crippen molar-refractivity contribution >= 4 is 16.8 Å². The molecule has 1 amide bonds. The molecule has 0 bridgehead atoms. The Balaban J connectivity index is 1.51. The van der Waals surface area contributed by atoms with Gasteiger partial charge in [-0.3, -0.25) is 9.78 Å². The number of aryl methyl sites for hydroxylation is 1. The number of nitrogens with one attached hydrogen (secondary N) is 1. The van der Waals surface area contributed by atoms with E-state index in [0.717, 1.165) is 35.7 Å². The minimum atomic E-state index is -0.0170. The molecule has 2 fully saturated rings. The molecule has 23 heavy (non-hydrogen) atoms. The predicted molar refractivity (Wildman–Crippen MR) is 89.1 cm³/mol. The van der Waals surface area contributed by atoms with E-state index < -0.39 is 0 Å². The number of rotatable bonds is 3. The smallest absolute Gasteiger partial charge is 0.253 e. The van der Waals surface area contributed by atoms with Crippen LogP contribution in [-0.4, -0.2) is 28.6 Å². The number of amides is 1. The second-order valence-electron chi connectivity index (χ2n) is 7.07. The van der Waals surface area contributed by atoms with Gasteiger partial charge in [0, 0.05) is 24.2 Å². The molecule has 1 unspecified atom stereocenters. The van der Waals surface area contributed by atoms with Crippen molar-refractivity contribution in [2.24, 2.45) is 17.8 Å². The third-order valence-corrected chi connectivity index (χ3v) is 5.78. The van der Waals surface area contributed by atoms with E-state index in [0.29, 0.717) is 23.3 Å². The molecule has 4 rings (SSSR count). The molecule has 2 saturated carbocycles. The number of fused-ring (bicyclic) bond motifs is 2. The summed E-state index contributed by atoms with van der Waals surface area (Å²) in [7, 11) is 0. The summed E-state index contributed by atoms with van der Waals surface area (Å²) in [4.78, 5) is 17.1. The second-order valence-corrected chi connectivity index (χ2v) is 7.07. The average Bonchev–Trinajstić information content (AvgIpc) is 2.89. The van der Waals surface area contributed by atoms with Crippen molar-refractivity contribution in [3.8, 4) is 0 Å². The number of benzene rings is 1. The normalized spacial score (nSPS) is 29.1. The number of carbonyl (C=O) groups is 1. The topological polar surface area (TPSA) is 62.2 Å². The van der Waals surface area contributed by atoms with Gasteiger partial charge >= 0.3 is 0 Å². The van der Waals surface area contributed by atoms with Gasteiger partial charge in [-0.05, 0) is 55.6 Å². The van der Waals surface area contributed by atoms with Crippen LogP contribution in [0.4, 0.5) is 0 Å². The first kappa shape index (κ1) is 14.6. The number of hydrogen-bond acceptors (Lipinski definition) is 3. The van der Waals surface area contributed by atoms with Crippen LogP contribution in [0.2, 0.25) is 0 Å². The molecule has 2 N–H and O–H groups in total. The first-order chi connectivity index (χ1) is 11.2. The van der Waals surface area contributed by atoms with Gasteiger partial charge in [-0.1, -0.05) is 18.2 Å². The molecule has 2 aliphatic carbocycles. The maximum Gasteiger partial charge on any atom is 0.253 e. The van der Waals surface area contributed by atoms with Gasteiger partial charge in [0.2, 0.25) is 0 Å². The number of pyridine rings is 1. The fraction of sp³-hybridized carbons (Fsp3) is 0.474. The minimum absolute atomic E-state index is 0.0170. The molecule has 0 aliphatic heterocycles. The highest BCUT2D eigenvalue weighted by molar-refractivity contribution is 6.00. The van der Waals surface area contributed by atoms with Gasteiger partial charge in [0.15, 0.2) is 0 Å². The molecular weight excluding hydrogens is 288 g/mol. The molecule has 4 nitrogen and oxygen atoms in total. The van der Waals surface area contributed by atoms with Gasteiger partial charge in [0.05, 0.1) is 11.1 Å². The maximum absolute atomic E-state index is 12.7. The van der Waals surface area contributed by atoms with Gasteiger partial charge < -0.3 is 10.4 Å². The molecule has 4 heteroatoms. The number of aliphatic hydroxyl groups excluding tert-OH is 1. The molecular formula is C19H22N2O2. The van der Waals surface area contributed by atoms with E-state index in [-0.39, 0.29) is 18.6 Å². The SMILES string of the molecule is Cc1c(C(=O)N[C@@H]2C[C@@H]3CC(CO)C[C@@H]32)cnc2ccccc12. The largest absolute Gasteiger partial charge is 0.396 e. The van der Waals surface area contributed by atoms with Crippen LogP contribution in [0.15, 0.2) is 30.5 Å². The lowest BCUT2D eigenvalue weighted by Gasteiger charge is -2.41. The third-order valence-electron chi connectivity index (χ3n) is 5.78. The summed E-state index contributed by atoms with van der Waals surface area (Å²) < 4.78 is 0. The van der Waals surface area contributed by atoms with E-state index >= 15 is 0 Å². The van der Waals surface area contributed by atoms with E-state index in [9.17, 15) is 9.90 Å². The zero-order chi connectivity index (χ0) is 16.0. The number of aromatic nitrogens is 1. The number of para-hydroxylation sites is 1. The van der Waals surface area contributed by atoms with Crippen LogP contribution < -0.4 is 5.32 Å². The quantitative estimate of drug-likeness (QED) is 0.916. The Morgan fingerprint density at radius 2 is 2.13 bits per heavy atom. The summed E-state index contributed by atoms with van der Waals surface area (Å²) in [5.41, 5.74) is 2.58. The van der Waals surface area contributed by atoms with Gasteiger partial charge in [-0.25, -0.2) is 0 Å². The standard InChI is InChI=1S/C19H22N2O2/c1-11-14-4-2-3-5-17(14)20-9-16(11)19(23)21-18-8-13-6-12(10-22)7-15(13)18/h2-5,9,12-13,15,18,22H,6-8,10H2,1H3,(H,21,23)/t12?,13-,15-,18+/m0/s1. The van der Waals surface area contributed by atoms with E-state index in [2.05, 4.69) is 10.3 Å². The number of nitrogens with zero attached hydrogens (tertiary/aromatic N) is 1. The van der Waals surface area contributed by atoms with Crippen LogP contribution in [0.3, 0.4) is 0 Å². The lowest BCUT2D eigenvalue weighted by molar-refractivity contribution is 0.0806. The van der Waals surface area contributed by atoms with Gasteiger partial charge in [-0.2, -0.15) is 0 Å². The Morgan fingerprint density at radius 1 is 1.30 bits per heavy atom. The molecule has 1 aromatic heterocycles. The van der Waals surface area contributed by atoms with Crippen molar-refractivity contribution in [3.63, 3.8) is 0 Å². The van der Waals surface area contributed by atoms with Crippen molar-refractivity contribution in [3.05, 3.63) is 41.6 Å². The Morgan fingerprint density at radius 3 is 2.96 bits per heavy atom. The van der Waals surface area contributed by atoms with E-state index in [4.69, 9.17) is 0 Å². The summed E-state index contributed by atoms with van der Waals surface area (Å²) in [5, 5.41) is 13.5. The lowest BCUT2D eigenvalue weighted by atomic mass is 9.71. The predicted octanol–water partition coefficient (Wildman–Crippen LogP) is 2.68. The molecule has 0 radical (unpaired) electrons. The van der Waals surface area contributed by atoms with Crippen LogP contribution >= 0.6 is 0 Å². The molecule has 1 aromatic carbocycles. The second kappa shape index (κ2) is 5.60. The Bertz CT molecular complexity index is 758. The van der Waals surface area contributed by atoms with Crippen LogP contribution in [-0.2, 0) is 0 Å². The zero-order valence-electron chi connectivity index (χ0n) is 13.3. The van der Waals surface area contributed by atoms with E-state index in [1.54, 1.807) is 6.20 Å². The van der Waals surface area contributed by atoms with Crippen molar-refractivity contribution in [2.45, 2.75) is 32.2 Å². The molecule has 0 spiro atoms. The van der Waals surface area contributed by atoms with Crippen LogP contribution in [0, 0.1) is 24.7 Å². The van der Waals surface area contributed by atoms with Gasteiger partial charge in [-0.15, -0.1) is 0 Å². The van der Waals surface area contributed by atoms with Crippen LogP contribution in [0.25, 0.3) is 10.9 Å². The molecule has 4 atom stereocenters. The van der Waals surface area contributed by atoms with Gasteiger partial charge in [0.1, 0.15) is 0 Å². The fourth-order valence-electron chi connectivity index (χ4n) is 4.41. The highest BCUT2D eigenvalue weighted by atomic mass is 16.3. The molecule has 2 aliphatic rings. The Kier molecular flexibility index (Phi) is 3.57. The zero-order valence-corrected chi connectivity index (χ0v) is 13.3. The minimum Gasteiger partial charge on any atom is -0.396 e. The monoisotopic (exact) mass is 310 g/mol. The first-order valence-corrected chi connectivity index (χ1v) is 8.43. The van der Waals surface area contributed by atoms with Crippen LogP contribution in [0.5, 0.6) is 0 Å². The van der Waals surface area contributed by atoms with Crippen molar-refractivity contribution < 1.29 is 9.90 Å². The van der Waals surface area contributed by atoms with E-state index in [1.807, 2.05) is 31.2 Å². The summed E-state index contributed by atoms with van der Waals surface area (Å²) >= 11 is 0. The lowest BCUT2D eigenvalue weighted by Crippen LogP contribution is -2.50. The number of hydrogen-bond donors (Lipinski definition) is 2. The first-order valence-electron chi connectivity index (χ1n) is 8.43. The highest BCUT2D eigenvalue weighted by Crippen LogP contribution is 2.49. The Labute approximate surface area is 135 Å². The fourth-order valence-corrected chi connectivity index (χ4v) is 4.41. The summed E-state index contributed by atoms with van der Waals surface area (Å²) in [6.45, 7) is 2.27. The van der Waals surface area contributed by atoms with Crippen molar-refractivity contribution in [1.82, 2.24) is 10.3 Å². The molecule has 120 valence electrons. The number of aliphatic hydroxyl groups is 1. The number of carbonyl (C=O) groups excluding carboxylic acids is 1. The van der Waals surface area contributed by atoms with Gasteiger partial charge in [0.25, 0.3) is 5.91 Å². The molecule has 1 heterocycles. The maximum atomic E-state index is 12.7. The average molecular weight is 310 g/mol. The molecule has 2 aromatic rings. The van der Waals surface area contributed by atoms with Crippen molar-refractivity contribution in [1.29, 1.82) is 0 Å².